The van der Waals surface area contributed by atoms with Crippen molar-refractivity contribution in [1.29, 1.82) is 5.26 Å². The third-order valence-electron chi connectivity index (χ3n) is 3.90. The van der Waals surface area contributed by atoms with Crippen molar-refractivity contribution in [2.45, 2.75) is 0 Å². The molecule has 0 unspecified atom stereocenters. The molecule has 0 aliphatic heterocycles. The van der Waals surface area contributed by atoms with Gasteiger partial charge in [-0.05, 0) is 23.8 Å². The van der Waals surface area contributed by atoms with Crippen LogP contribution in [0.3, 0.4) is 0 Å². The van der Waals surface area contributed by atoms with E-state index in [2.05, 4.69) is 11.1 Å². The molecular weight excluding hydrogens is 293 g/mol. The largest absolute Gasteiger partial charge is 0.306 e. The van der Waals surface area contributed by atoms with Gasteiger partial charge in [0.1, 0.15) is 23.1 Å². The topological polar surface area (TPSA) is 61.1 Å². The first-order valence-electron chi connectivity index (χ1n) is 7.01. The zero-order valence-electron chi connectivity index (χ0n) is 11.9. The Hall–Kier alpha value is -3.39. The van der Waals surface area contributed by atoms with E-state index in [0.29, 0.717) is 16.7 Å². The van der Waals surface area contributed by atoms with Crippen LogP contribution in [0, 0.1) is 17.1 Å². The number of nitrogens with zero attached hydrogens (tertiary/aromatic N) is 2. The minimum atomic E-state index is -0.474. The number of aromatic amines is 1. The Balaban J connectivity index is 2.18. The smallest absolute Gasteiger partial charge is 0.259 e. The van der Waals surface area contributed by atoms with Gasteiger partial charge >= 0.3 is 0 Å². The summed E-state index contributed by atoms with van der Waals surface area (Å²) in [5.41, 5.74) is 2.55. The summed E-state index contributed by atoms with van der Waals surface area (Å²) < 4.78 is 15.1. The monoisotopic (exact) mass is 303 g/mol. The van der Waals surface area contributed by atoms with Crippen LogP contribution in [0.5, 0.6) is 0 Å². The lowest BCUT2D eigenvalue weighted by atomic mass is 10.1. The maximum atomic E-state index is 13.4. The summed E-state index contributed by atoms with van der Waals surface area (Å²) in [7, 11) is 0. The summed E-state index contributed by atoms with van der Waals surface area (Å²) in [6, 6.07) is 15.7. The van der Waals surface area contributed by atoms with Crippen molar-refractivity contribution in [2.24, 2.45) is 0 Å². The van der Waals surface area contributed by atoms with Crippen molar-refractivity contribution < 1.29 is 4.39 Å². The first-order chi connectivity index (χ1) is 11.2. The average Bonchev–Trinajstić information content (AvgIpc) is 2.94. The van der Waals surface area contributed by atoms with Gasteiger partial charge in [0.15, 0.2) is 0 Å². The highest BCUT2D eigenvalue weighted by molar-refractivity contribution is 5.86. The van der Waals surface area contributed by atoms with Gasteiger partial charge in [0.25, 0.3) is 5.56 Å². The molecule has 0 saturated carbocycles. The zero-order valence-corrected chi connectivity index (χ0v) is 11.9. The number of nitriles is 1. The second-order valence-electron chi connectivity index (χ2n) is 5.23. The van der Waals surface area contributed by atoms with Gasteiger partial charge in [-0.2, -0.15) is 5.26 Å². The third kappa shape index (κ3) is 1.93. The SMILES string of the molecule is N#Cc1c(-c2ccccc2)cn2c1[nH]c(=O)c1cc(F)ccc12. The van der Waals surface area contributed by atoms with Crippen molar-refractivity contribution >= 4 is 16.6 Å². The van der Waals surface area contributed by atoms with E-state index < -0.39 is 11.4 Å². The summed E-state index contributed by atoms with van der Waals surface area (Å²) in [5.74, 6) is -0.474. The first-order valence-corrected chi connectivity index (χ1v) is 7.01. The summed E-state index contributed by atoms with van der Waals surface area (Å²) in [5, 5.41) is 9.78. The first kappa shape index (κ1) is 13.3. The molecule has 4 aromatic rings. The number of benzene rings is 2. The maximum absolute atomic E-state index is 13.4. The van der Waals surface area contributed by atoms with Crippen molar-refractivity contribution in [3.8, 4) is 17.2 Å². The number of hydrogen-bond donors (Lipinski definition) is 1. The molecule has 2 aromatic carbocycles. The molecule has 23 heavy (non-hydrogen) atoms. The Kier molecular flexibility index (Phi) is 2.78. The van der Waals surface area contributed by atoms with Crippen molar-refractivity contribution in [1.82, 2.24) is 9.38 Å². The highest BCUT2D eigenvalue weighted by Gasteiger charge is 2.16. The van der Waals surface area contributed by atoms with Gasteiger partial charge in [-0.1, -0.05) is 30.3 Å². The third-order valence-corrected chi connectivity index (χ3v) is 3.90. The zero-order chi connectivity index (χ0) is 16.0. The summed E-state index contributed by atoms with van der Waals surface area (Å²) in [4.78, 5) is 14.9. The van der Waals surface area contributed by atoms with E-state index >= 15 is 0 Å². The van der Waals surface area contributed by atoms with Crippen molar-refractivity contribution in [3.63, 3.8) is 0 Å². The second kappa shape index (κ2) is 4.82. The molecule has 2 aromatic heterocycles. The normalized spacial score (nSPS) is 11.0. The predicted octanol–water partition coefficient (Wildman–Crippen LogP) is 3.46. The minimum absolute atomic E-state index is 0.247. The van der Waals surface area contributed by atoms with E-state index in [1.165, 1.54) is 12.1 Å². The van der Waals surface area contributed by atoms with E-state index in [1.807, 2.05) is 30.3 Å². The highest BCUT2D eigenvalue weighted by Crippen LogP contribution is 2.28. The molecule has 0 radical (unpaired) electrons. The molecule has 0 amide bonds. The Morgan fingerprint density at radius 2 is 1.91 bits per heavy atom. The molecular formula is C18H10FN3O. The van der Waals surface area contributed by atoms with Crippen molar-refractivity contribution in [2.75, 3.05) is 0 Å². The Morgan fingerprint density at radius 1 is 1.13 bits per heavy atom. The second-order valence-corrected chi connectivity index (χ2v) is 5.23. The number of nitrogens with one attached hydrogen (secondary N) is 1. The average molecular weight is 303 g/mol. The number of halogens is 1. The highest BCUT2D eigenvalue weighted by atomic mass is 19.1. The lowest BCUT2D eigenvalue weighted by Gasteiger charge is -2.02. The van der Waals surface area contributed by atoms with E-state index in [-0.39, 0.29) is 5.39 Å². The number of aromatic nitrogens is 2. The fourth-order valence-corrected chi connectivity index (χ4v) is 2.84. The molecule has 0 fully saturated rings. The summed E-state index contributed by atoms with van der Waals surface area (Å²) in [6.07, 6.45) is 1.79. The minimum Gasteiger partial charge on any atom is -0.306 e. The van der Waals surface area contributed by atoms with Crippen molar-refractivity contribution in [3.05, 3.63) is 76.5 Å². The van der Waals surface area contributed by atoms with E-state index in [1.54, 1.807) is 16.7 Å². The standard InChI is InChI=1S/C18H10FN3O/c19-12-6-7-16-13(8-12)18(23)21-17-14(9-20)15(10-22(16)17)11-4-2-1-3-5-11/h1-8,10H,(H,21,23). The van der Waals surface area contributed by atoms with Crippen LogP contribution in [-0.4, -0.2) is 9.38 Å². The Morgan fingerprint density at radius 3 is 2.65 bits per heavy atom. The van der Waals surface area contributed by atoms with Crippen LogP contribution in [0.1, 0.15) is 5.56 Å². The fraction of sp³-hybridized carbons (Fsp3) is 0. The Labute approximate surface area is 130 Å². The molecule has 4 rings (SSSR count). The van der Waals surface area contributed by atoms with Crippen LogP contribution in [0.2, 0.25) is 0 Å². The molecule has 0 atom stereocenters. The summed E-state index contributed by atoms with van der Waals surface area (Å²) in [6.45, 7) is 0. The fourth-order valence-electron chi connectivity index (χ4n) is 2.84. The van der Waals surface area contributed by atoms with Gasteiger partial charge in [-0.25, -0.2) is 4.39 Å². The molecule has 1 N–H and O–H groups in total. The quantitative estimate of drug-likeness (QED) is 0.585. The molecule has 0 aliphatic rings. The van der Waals surface area contributed by atoms with Gasteiger partial charge in [-0.15, -0.1) is 0 Å². The van der Waals surface area contributed by atoms with Crippen LogP contribution in [0.15, 0.2) is 59.5 Å². The van der Waals surface area contributed by atoms with Gasteiger partial charge in [-0.3, -0.25) is 4.79 Å². The molecule has 110 valence electrons. The van der Waals surface area contributed by atoms with E-state index in [9.17, 15) is 14.4 Å². The molecule has 4 nitrogen and oxygen atoms in total. The number of fused-ring (bicyclic) bond motifs is 3. The van der Waals surface area contributed by atoms with Crippen LogP contribution >= 0.6 is 0 Å². The molecule has 2 heterocycles. The molecule has 0 spiro atoms. The maximum Gasteiger partial charge on any atom is 0.259 e. The van der Waals surface area contributed by atoms with Gasteiger partial charge < -0.3 is 9.38 Å². The van der Waals surface area contributed by atoms with Gasteiger partial charge in [0, 0.05) is 11.8 Å². The van der Waals surface area contributed by atoms with Gasteiger partial charge in [0.05, 0.1) is 10.9 Å². The van der Waals surface area contributed by atoms with E-state index in [4.69, 9.17) is 0 Å². The van der Waals surface area contributed by atoms with E-state index in [0.717, 1.165) is 11.1 Å². The Bertz CT molecular complexity index is 1150. The lowest BCUT2D eigenvalue weighted by Crippen LogP contribution is -2.09. The van der Waals surface area contributed by atoms with Crippen LogP contribution in [0.25, 0.3) is 27.7 Å². The number of H-pyrrole nitrogens is 1. The lowest BCUT2D eigenvalue weighted by molar-refractivity contribution is 0.629. The predicted molar refractivity (Wildman–Crippen MR) is 85.6 cm³/mol. The molecule has 0 aliphatic carbocycles. The number of rotatable bonds is 1. The van der Waals surface area contributed by atoms with Gasteiger partial charge in [0.2, 0.25) is 0 Å². The molecule has 0 saturated heterocycles. The number of hydrogen-bond acceptors (Lipinski definition) is 2. The van der Waals surface area contributed by atoms with Crippen LogP contribution < -0.4 is 5.56 Å². The summed E-state index contributed by atoms with van der Waals surface area (Å²) >= 11 is 0. The molecule has 5 heteroatoms. The molecule has 0 bridgehead atoms. The van der Waals surface area contributed by atoms with Crippen LogP contribution in [0.4, 0.5) is 4.39 Å². The van der Waals surface area contributed by atoms with Crippen LogP contribution in [-0.2, 0) is 0 Å².